The predicted molar refractivity (Wildman–Crippen MR) is 83.9 cm³/mol. The molecule has 2 bridgehead atoms. The Morgan fingerprint density at radius 2 is 2.04 bits per heavy atom. The Balaban J connectivity index is 1.56. The summed E-state index contributed by atoms with van der Waals surface area (Å²) in [6.45, 7) is 0. The Kier molecular flexibility index (Phi) is 2.65. The quantitative estimate of drug-likeness (QED) is 0.540. The van der Waals surface area contributed by atoms with Crippen LogP contribution in [-0.2, 0) is 0 Å². The van der Waals surface area contributed by atoms with E-state index in [4.69, 9.17) is 4.42 Å². The molecule has 1 aliphatic heterocycles. The van der Waals surface area contributed by atoms with Crippen molar-refractivity contribution in [2.45, 2.75) is 18.6 Å². The van der Waals surface area contributed by atoms with Gasteiger partial charge in [0, 0.05) is 6.42 Å². The van der Waals surface area contributed by atoms with Crippen molar-refractivity contribution < 1.29 is 13.6 Å². The third kappa shape index (κ3) is 1.83. The van der Waals surface area contributed by atoms with Crippen molar-refractivity contribution in [1.82, 2.24) is 14.8 Å². The lowest BCUT2D eigenvalue weighted by atomic mass is 10.0. The minimum absolute atomic E-state index is 0.0113. The summed E-state index contributed by atoms with van der Waals surface area (Å²) in [7, 11) is 0. The summed E-state index contributed by atoms with van der Waals surface area (Å²) < 4.78 is 21.3. The van der Waals surface area contributed by atoms with E-state index >= 15 is 0 Å². The number of hydrogen-bond donors (Lipinski definition) is 0. The number of benzene rings is 2. The summed E-state index contributed by atoms with van der Waals surface area (Å²) in [5.74, 6) is -0.118. The Morgan fingerprint density at radius 1 is 1.21 bits per heavy atom. The van der Waals surface area contributed by atoms with Crippen molar-refractivity contribution in [1.29, 1.82) is 0 Å². The first-order chi connectivity index (χ1) is 11.7. The van der Waals surface area contributed by atoms with Crippen molar-refractivity contribution in [3.63, 3.8) is 0 Å². The molecule has 0 amide bonds. The zero-order valence-corrected chi connectivity index (χ0v) is 12.5. The average molecular weight is 321 g/mol. The minimum Gasteiger partial charge on any atom is -0.457 e. The number of ketones is 1. The lowest BCUT2D eigenvalue weighted by molar-refractivity contribution is 0.103. The van der Waals surface area contributed by atoms with Gasteiger partial charge in [-0.25, -0.2) is 14.1 Å². The van der Waals surface area contributed by atoms with Crippen LogP contribution in [0.15, 0.2) is 52.9 Å². The summed E-state index contributed by atoms with van der Waals surface area (Å²) in [5.41, 5.74) is 2.51. The number of aromatic nitrogens is 3. The number of hydrogen-bond acceptors (Lipinski definition) is 4. The van der Waals surface area contributed by atoms with Crippen LogP contribution in [0, 0.1) is 0 Å². The van der Waals surface area contributed by atoms with Gasteiger partial charge < -0.3 is 4.42 Å². The molecule has 6 heteroatoms. The maximum Gasteiger partial charge on any atom is 0.235 e. The lowest BCUT2D eigenvalue weighted by Gasteiger charge is -2.11. The fourth-order valence-electron chi connectivity index (χ4n) is 3.31. The molecule has 4 heterocycles. The van der Waals surface area contributed by atoms with E-state index in [1.807, 2.05) is 30.3 Å². The van der Waals surface area contributed by atoms with Crippen LogP contribution < -0.4 is 0 Å². The van der Waals surface area contributed by atoms with Crippen molar-refractivity contribution in [2.24, 2.45) is 0 Å². The number of carbonyl (C=O) groups excluding carboxylic acids is 1. The van der Waals surface area contributed by atoms with Crippen LogP contribution in [0.3, 0.4) is 0 Å². The van der Waals surface area contributed by atoms with Crippen molar-refractivity contribution in [3.8, 4) is 0 Å². The molecular formula is C18H12FN3O2. The molecule has 4 aromatic rings. The van der Waals surface area contributed by atoms with E-state index in [1.54, 1.807) is 18.2 Å². The first-order valence-electron chi connectivity index (χ1n) is 7.73. The van der Waals surface area contributed by atoms with Gasteiger partial charge in [-0.1, -0.05) is 30.3 Å². The predicted octanol–water partition coefficient (Wildman–Crippen LogP) is 3.70. The highest BCUT2D eigenvalue weighted by molar-refractivity contribution is 6.12. The number of halogens is 1. The molecule has 0 N–H and O–H groups in total. The van der Waals surface area contributed by atoms with Gasteiger partial charge in [0.1, 0.15) is 11.2 Å². The van der Waals surface area contributed by atoms with Crippen LogP contribution in [0.2, 0.25) is 0 Å². The molecule has 5 nitrogen and oxygen atoms in total. The summed E-state index contributed by atoms with van der Waals surface area (Å²) in [4.78, 5) is 16.8. The molecule has 0 unspecified atom stereocenters. The largest absolute Gasteiger partial charge is 0.457 e. The fraction of sp³-hybridized carbons (Fsp3) is 0.167. The maximum absolute atomic E-state index is 14.4. The number of fused-ring (bicyclic) bond motifs is 3. The van der Waals surface area contributed by atoms with Gasteiger partial charge in [0.05, 0.1) is 11.6 Å². The molecule has 118 valence electrons. The van der Waals surface area contributed by atoms with Crippen LogP contribution >= 0.6 is 0 Å². The van der Waals surface area contributed by atoms with Crippen molar-refractivity contribution in [3.05, 3.63) is 71.3 Å². The molecule has 1 aromatic carbocycles. The van der Waals surface area contributed by atoms with Crippen molar-refractivity contribution >= 4 is 16.9 Å². The zero-order valence-electron chi connectivity index (χ0n) is 12.5. The summed E-state index contributed by atoms with van der Waals surface area (Å²) in [5, 5.41) is 4.30. The highest BCUT2D eigenvalue weighted by Gasteiger charge is 2.36. The molecule has 0 spiro atoms. The first kappa shape index (κ1) is 13.4. The van der Waals surface area contributed by atoms with Gasteiger partial charge in [0.25, 0.3) is 0 Å². The van der Waals surface area contributed by atoms with Crippen LogP contribution in [0.4, 0.5) is 4.39 Å². The third-order valence-corrected chi connectivity index (χ3v) is 4.47. The highest BCUT2D eigenvalue weighted by atomic mass is 19.1. The molecule has 0 aliphatic carbocycles. The van der Waals surface area contributed by atoms with Gasteiger partial charge in [0.15, 0.2) is 12.0 Å². The second kappa shape index (κ2) is 4.74. The Labute approximate surface area is 136 Å². The maximum atomic E-state index is 14.4. The number of nitrogens with zero attached hydrogens (tertiary/aromatic N) is 3. The first-order valence-corrected chi connectivity index (χ1v) is 7.73. The van der Waals surface area contributed by atoms with Gasteiger partial charge >= 0.3 is 0 Å². The van der Waals surface area contributed by atoms with E-state index in [9.17, 15) is 9.18 Å². The van der Waals surface area contributed by atoms with Crippen LogP contribution in [-0.4, -0.2) is 20.5 Å². The second-order valence-electron chi connectivity index (χ2n) is 5.96. The van der Waals surface area contributed by atoms with E-state index in [-0.39, 0.29) is 29.9 Å². The van der Waals surface area contributed by atoms with Crippen LogP contribution in [0.25, 0.3) is 11.2 Å². The van der Waals surface area contributed by atoms with E-state index in [0.29, 0.717) is 16.7 Å². The third-order valence-electron chi connectivity index (χ3n) is 4.47. The molecular weight excluding hydrogens is 309 g/mol. The Hall–Kier alpha value is -3.02. The normalized spacial score (nSPS) is 19.9. The summed E-state index contributed by atoms with van der Waals surface area (Å²) in [6.07, 6.45) is -0.936. The molecule has 3 aromatic heterocycles. The van der Waals surface area contributed by atoms with Gasteiger partial charge in [-0.3, -0.25) is 4.79 Å². The molecule has 0 saturated heterocycles. The molecule has 1 aliphatic rings. The molecule has 0 fully saturated rings. The zero-order chi connectivity index (χ0) is 16.3. The Morgan fingerprint density at radius 3 is 2.75 bits per heavy atom. The van der Waals surface area contributed by atoms with E-state index in [0.717, 1.165) is 5.56 Å². The Bertz CT molecular complexity index is 1040. The molecule has 0 radical (unpaired) electrons. The SMILES string of the molecule is O=C(c1nc2n(n1)[C@H](c1ccccc1)C[C@@H]2F)c1cc2ccc1o2. The number of rotatable bonds is 3. The number of alkyl halides is 1. The molecule has 0 saturated carbocycles. The van der Waals surface area contributed by atoms with Gasteiger partial charge in [0.2, 0.25) is 11.6 Å². The van der Waals surface area contributed by atoms with Crippen molar-refractivity contribution in [2.75, 3.05) is 0 Å². The summed E-state index contributed by atoms with van der Waals surface area (Å²) >= 11 is 0. The molecule has 2 atom stereocenters. The highest BCUT2D eigenvalue weighted by Crippen LogP contribution is 2.39. The van der Waals surface area contributed by atoms with E-state index in [2.05, 4.69) is 10.1 Å². The standard InChI is InChI=1S/C18H12FN3O2/c19-13-9-14(10-4-2-1-3-5-10)22-18(13)20-17(21-22)16(23)12-8-11-6-7-15(12)24-11/h1-8,13-14H,9H2/t13-,14-/m0/s1. The lowest BCUT2D eigenvalue weighted by Crippen LogP contribution is -2.10. The average Bonchev–Trinajstić information content (AvgIpc) is 3.37. The second-order valence-corrected chi connectivity index (χ2v) is 5.96. The van der Waals surface area contributed by atoms with Gasteiger partial charge in [-0.2, -0.15) is 0 Å². The van der Waals surface area contributed by atoms with E-state index < -0.39 is 6.17 Å². The number of furan rings is 2. The van der Waals surface area contributed by atoms with E-state index in [1.165, 1.54) is 4.68 Å². The smallest absolute Gasteiger partial charge is 0.235 e. The van der Waals surface area contributed by atoms with Gasteiger partial charge in [-0.05, 0) is 23.8 Å². The van der Waals surface area contributed by atoms with Crippen LogP contribution in [0.5, 0.6) is 0 Å². The van der Waals surface area contributed by atoms with Gasteiger partial charge in [-0.15, -0.1) is 5.10 Å². The minimum atomic E-state index is -1.23. The fourth-order valence-corrected chi connectivity index (χ4v) is 3.31. The molecule has 24 heavy (non-hydrogen) atoms. The number of carbonyl (C=O) groups is 1. The van der Waals surface area contributed by atoms with Crippen LogP contribution in [0.1, 0.15) is 46.2 Å². The monoisotopic (exact) mass is 321 g/mol. The topological polar surface area (TPSA) is 60.9 Å². The molecule has 5 rings (SSSR count). The summed E-state index contributed by atoms with van der Waals surface area (Å²) in [6, 6.07) is 14.5.